The van der Waals surface area contributed by atoms with E-state index in [9.17, 15) is 4.79 Å². The van der Waals surface area contributed by atoms with Crippen molar-refractivity contribution >= 4 is 11.8 Å². The maximum atomic E-state index is 15.4. The van der Waals surface area contributed by atoms with E-state index in [0.29, 0.717) is 17.9 Å². The van der Waals surface area contributed by atoms with Gasteiger partial charge in [-0.3, -0.25) is 15.2 Å². The van der Waals surface area contributed by atoms with Gasteiger partial charge in [0.15, 0.2) is 11.5 Å². The maximum absolute atomic E-state index is 15.4. The van der Waals surface area contributed by atoms with Gasteiger partial charge in [-0.05, 0) is 31.0 Å². The highest BCUT2D eigenvalue weighted by Crippen LogP contribution is 2.36. The lowest BCUT2D eigenvalue weighted by Crippen LogP contribution is -2.18. The molecule has 39 heavy (non-hydrogen) atoms. The number of nitrogens with two attached hydrogens (primary N) is 1. The Balaban J connectivity index is 0.000000983. The van der Waals surface area contributed by atoms with E-state index in [1.165, 1.54) is 25.6 Å². The number of halogens is 1. The van der Waals surface area contributed by atoms with Crippen molar-refractivity contribution in [1.29, 1.82) is 5.41 Å². The molecule has 0 aliphatic carbocycles. The average Bonchev–Trinajstić information content (AvgIpc) is 3.30. The van der Waals surface area contributed by atoms with Gasteiger partial charge in [0, 0.05) is 36.5 Å². The van der Waals surface area contributed by atoms with Crippen LogP contribution in [0, 0.1) is 11.2 Å². The number of nitrogens with one attached hydrogen (secondary N) is 2. The largest absolute Gasteiger partial charge is 0.493 e. The molecule has 204 valence electrons. The third kappa shape index (κ3) is 7.25. The second-order valence-electron chi connectivity index (χ2n) is 8.12. The number of nitrogens with zero attached hydrogens (tertiary/aromatic N) is 4. The number of H-pyrrole nitrogens is 1. The minimum Gasteiger partial charge on any atom is -0.493 e. The van der Waals surface area contributed by atoms with Crippen LogP contribution in [-0.4, -0.2) is 55.4 Å². The second kappa shape index (κ2) is 12.9. The fourth-order valence-corrected chi connectivity index (χ4v) is 3.69. The summed E-state index contributed by atoms with van der Waals surface area (Å²) >= 11 is 0. The van der Waals surface area contributed by atoms with Crippen LogP contribution in [0.1, 0.15) is 42.3 Å². The first kappa shape index (κ1) is 28.5. The van der Waals surface area contributed by atoms with Crippen molar-refractivity contribution < 1.29 is 23.8 Å². The number of carbonyl (C=O) groups is 1. The third-order valence-electron chi connectivity index (χ3n) is 5.37. The summed E-state index contributed by atoms with van der Waals surface area (Å²) in [4.78, 5) is 32.6. The number of hydrogen-bond donors (Lipinski definition) is 4. The Kier molecular flexibility index (Phi) is 9.46. The zero-order valence-electron chi connectivity index (χ0n) is 21.5. The molecule has 0 saturated heterocycles. The van der Waals surface area contributed by atoms with Gasteiger partial charge in [0.05, 0.1) is 19.6 Å². The molecule has 0 amide bonds. The van der Waals surface area contributed by atoms with Crippen LogP contribution >= 0.6 is 0 Å². The summed E-state index contributed by atoms with van der Waals surface area (Å²) in [5.41, 5.74) is 6.65. The molecule has 0 aliphatic rings. The molecule has 13 heteroatoms. The number of aromatic amines is 1. The molecule has 4 aromatic rings. The molecule has 12 nitrogen and oxygen atoms in total. The Morgan fingerprint density at radius 1 is 1.21 bits per heavy atom. The summed E-state index contributed by atoms with van der Waals surface area (Å²) in [6.45, 7) is 3.25. The topological polar surface area (TPSA) is 182 Å². The van der Waals surface area contributed by atoms with Gasteiger partial charge in [-0.1, -0.05) is 24.3 Å². The van der Waals surface area contributed by atoms with E-state index in [2.05, 4.69) is 20.1 Å². The van der Waals surface area contributed by atoms with Crippen molar-refractivity contribution in [3.05, 3.63) is 93.7 Å². The van der Waals surface area contributed by atoms with E-state index in [-0.39, 0.29) is 35.3 Å². The van der Waals surface area contributed by atoms with Crippen LogP contribution in [0.4, 0.5) is 4.39 Å². The molecule has 0 saturated carbocycles. The van der Waals surface area contributed by atoms with Crippen molar-refractivity contribution in [2.24, 2.45) is 5.73 Å². The molecule has 0 aliphatic heterocycles. The zero-order valence-corrected chi connectivity index (χ0v) is 21.5. The first-order valence-electron chi connectivity index (χ1n) is 11.7. The van der Waals surface area contributed by atoms with Gasteiger partial charge >= 0.3 is 5.69 Å². The molecule has 4 rings (SSSR count). The van der Waals surface area contributed by atoms with Crippen LogP contribution in [0.3, 0.4) is 0 Å². The minimum atomic E-state index is -0.833. The lowest BCUT2D eigenvalue weighted by molar-refractivity contribution is -0.134. The summed E-state index contributed by atoms with van der Waals surface area (Å²) in [5.74, 6) is -1.17. The van der Waals surface area contributed by atoms with E-state index in [0.717, 1.165) is 17.2 Å². The average molecular weight is 538 g/mol. The fourth-order valence-electron chi connectivity index (χ4n) is 3.69. The first-order chi connectivity index (χ1) is 18.6. The monoisotopic (exact) mass is 537 g/mol. The van der Waals surface area contributed by atoms with Gasteiger partial charge in [0.2, 0.25) is 0 Å². The summed E-state index contributed by atoms with van der Waals surface area (Å²) < 4.78 is 27.3. The highest BCUT2D eigenvalue weighted by Gasteiger charge is 2.26. The van der Waals surface area contributed by atoms with Gasteiger partial charge in [-0.15, -0.1) is 9.78 Å². The third-order valence-corrected chi connectivity index (χ3v) is 5.37. The number of carboxylic acid groups (broad SMARTS) is 1. The highest BCUT2D eigenvalue weighted by atomic mass is 19.1. The highest BCUT2D eigenvalue weighted by molar-refractivity contribution is 5.94. The molecule has 0 spiro atoms. The van der Waals surface area contributed by atoms with Gasteiger partial charge in [-0.2, -0.15) is 0 Å². The van der Waals surface area contributed by atoms with Crippen LogP contribution in [0.2, 0.25) is 0 Å². The van der Waals surface area contributed by atoms with Crippen molar-refractivity contribution in [2.75, 3.05) is 13.7 Å². The fraction of sp³-hybridized carbons (Fsp3) is 0.231. The van der Waals surface area contributed by atoms with E-state index >= 15 is 4.39 Å². The number of ether oxygens (including phenoxy) is 2. The number of nitrogen functional groups attached to an aromatic ring is 1. The van der Waals surface area contributed by atoms with Crippen molar-refractivity contribution in [2.45, 2.75) is 26.2 Å². The Hall–Kier alpha value is -5.07. The number of methoxy groups -OCH3 is 1. The Morgan fingerprint density at radius 2 is 1.85 bits per heavy atom. The molecule has 5 N–H and O–H groups in total. The number of amidine groups is 1. The summed E-state index contributed by atoms with van der Waals surface area (Å²) in [6, 6.07) is 11.4. The van der Waals surface area contributed by atoms with E-state index in [1.54, 1.807) is 36.4 Å². The maximum Gasteiger partial charge on any atom is 0.350 e. The van der Waals surface area contributed by atoms with Crippen LogP contribution < -0.4 is 20.9 Å². The molecule has 2 aromatic heterocycles. The first-order valence-corrected chi connectivity index (χ1v) is 11.7. The molecule has 0 radical (unpaired) electrons. The predicted molar refractivity (Wildman–Crippen MR) is 140 cm³/mol. The number of benzene rings is 2. The quantitative estimate of drug-likeness (QED) is 0.184. The number of aromatic nitrogens is 5. The van der Waals surface area contributed by atoms with E-state index in [1.807, 2.05) is 6.92 Å². The summed E-state index contributed by atoms with van der Waals surface area (Å²) in [7, 11) is 1.43. The van der Waals surface area contributed by atoms with Crippen molar-refractivity contribution in [3.63, 3.8) is 0 Å². The zero-order chi connectivity index (χ0) is 28.5. The Morgan fingerprint density at radius 3 is 2.41 bits per heavy atom. The van der Waals surface area contributed by atoms with Crippen LogP contribution in [0.15, 0.2) is 59.7 Å². The van der Waals surface area contributed by atoms with Gasteiger partial charge in [0.25, 0.3) is 11.9 Å². The van der Waals surface area contributed by atoms with Crippen LogP contribution in [0.25, 0.3) is 5.95 Å². The van der Waals surface area contributed by atoms with Crippen LogP contribution in [0.5, 0.6) is 11.5 Å². The molecule has 0 fully saturated rings. The van der Waals surface area contributed by atoms with E-state index in [4.69, 9.17) is 30.5 Å². The number of aliphatic carboxylic acids is 1. The number of carboxylic acids is 1. The molecule has 2 aromatic carbocycles. The molecule has 1 unspecified atom stereocenters. The van der Waals surface area contributed by atoms with Gasteiger partial charge in [-0.25, -0.2) is 19.2 Å². The molecular formula is C26H28FN7O5. The molecule has 2 heterocycles. The van der Waals surface area contributed by atoms with Crippen molar-refractivity contribution in [1.82, 2.24) is 24.7 Å². The smallest absolute Gasteiger partial charge is 0.350 e. The van der Waals surface area contributed by atoms with E-state index < -0.39 is 23.4 Å². The lowest BCUT2D eigenvalue weighted by atomic mass is 9.90. The summed E-state index contributed by atoms with van der Waals surface area (Å²) in [6.07, 6.45) is 3.28. The number of hydrogen-bond acceptors (Lipinski definition) is 8. The normalized spacial score (nSPS) is 11.2. The Bertz CT molecular complexity index is 1480. The minimum absolute atomic E-state index is 0.0541. The lowest BCUT2D eigenvalue weighted by Gasteiger charge is -2.19. The molecule has 1 atom stereocenters. The SMILES string of the molecule is CC(=O)O.CCOc1cc(C(Cc2ccc(C(=N)N)cc2)c2nn(-c3ncccn3)c(=O)[nH]2)c(F)cc1OC. The second-order valence-corrected chi connectivity index (χ2v) is 8.12. The standard InChI is InChI=1S/C24H24FN7O3.C2H4O2/c1-3-35-20-12-16(18(25)13-19(20)34-2)17(11-14-5-7-15(8-6-14)21(26)27)22-30-24(33)32(31-22)23-28-9-4-10-29-23;1-2(3)4/h4-10,12-13,17H,3,11H2,1-2H3,(H3,26,27)(H,30,31,33);1H3,(H,3,4). The van der Waals surface area contributed by atoms with Crippen LogP contribution in [-0.2, 0) is 11.2 Å². The Labute approximate surface area is 222 Å². The summed E-state index contributed by atoms with van der Waals surface area (Å²) in [5, 5.41) is 19.4. The van der Waals surface area contributed by atoms with Gasteiger partial charge < -0.3 is 20.3 Å². The number of rotatable bonds is 9. The molecule has 0 bridgehead atoms. The molecular weight excluding hydrogens is 509 g/mol. The predicted octanol–water partition coefficient (Wildman–Crippen LogP) is 2.65. The van der Waals surface area contributed by atoms with Crippen molar-refractivity contribution in [3.8, 4) is 17.4 Å². The van der Waals surface area contributed by atoms with Gasteiger partial charge in [0.1, 0.15) is 17.5 Å².